The highest BCUT2D eigenvalue weighted by molar-refractivity contribution is 7.89. The molecule has 3 atom stereocenters. The number of aliphatic hydroxyl groups excluding tert-OH is 1. The Balaban J connectivity index is 1.90. The number of sulfonamides is 1. The molecular weight excluding hydrogens is 324 g/mol. The fourth-order valence-electron chi connectivity index (χ4n) is 2.45. The molecule has 8 heteroatoms. The van der Waals surface area contributed by atoms with Crippen LogP contribution >= 0.6 is 11.3 Å². The summed E-state index contributed by atoms with van der Waals surface area (Å²) in [6, 6.07) is 0.944. The van der Waals surface area contributed by atoms with Gasteiger partial charge in [0.2, 0.25) is 10.0 Å². The van der Waals surface area contributed by atoms with Crippen LogP contribution in [0.1, 0.15) is 19.8 Å². The second-order valence-corrected chi connectivity index (χ2v) is 8.16. The summed E-state index contributed by atoms with van der Waals surface area (Å²) in [6.07, 6.45) is 1.00. The molecule has 1 aliphatic heterocycles. The molecule has 1 saturated heterocycles. The normalized spacial score (nSPS) is 25.9. The van der Waals surface area contributed by atoms with Crippen LogP contribution in [0.15, 0.2) is 21.7 Å². The minimum Gasteiger partial charge on any atom is -0.389 e. The maximum atomic E-state index is 12.2. The molecular formula is C14H24N2O4S2. The van der Waals surface area contributed by atoms with Gasteiger partial charge in [0.05, 0.1) is 29.8 Å². The van der Waals surface area contributed by atoms with Crippen LogP contribution in [0.3, 0.4) is 0 Å². The molecule has 6 nitrogen and oxygen atoms in total. The quantitative estimate of drug-likeness (QED) is 0.729. The van der Waals surface area contributed by atoms with Gasteiger partial charge in [-0.05, 0) is 31.5 Å². The zero-order valence-electron chi connectivity index (χ0n) is 12.9. The maximum absolute atomic E-state index is 12.2. The van der Waals surface area contributed by atoms with Crippen LogP contribution in [0.5, 0.6) is 0 Å². The fourth-order valence-corrected chi connectivity index (χ4v) is 4.71. The van der Waals surface area contributed by atoms with E-state index < -0.39 is 22.2 Å². The molecule has 3 unspecified atom stereocenters. The Morgan fingerprint density at radius 2 is 2.32 bits per heavy atom. The largest absolute Gasteiger partial charge is 0.389 e. The highest BCUT2D eigenvalue weighted by Gasteiger charge is 2.38. The number of ether oxygens (including phenoxy) is 1. The third-order valence-electron chi connectivity index (χ3n) is 3.78. The Labute approximate surface area is 136 Å². The highest BCUT2D eigenvalue weighted by atomic mass is 32.2. The summed E-state index contributed by atoms with van der Waals surface area (Å²) in [5.74, 6) is 0. The van der Waals surface area contributed by atoms with E-state index >= 15 is 0 Å². The van der Waals surface area contributed by atoms with E-state index in [0.29, 0.717) is 6.54 Å². The lowest BCUT2D eigenvalue weighted by Crippen LogP contribution is -2.46. The van der Waals surface area contributed by atoms with Crippen molar-refractivity contribution >= 4 is 21.4 Å². The average Bonchev–Trinajstić information content (AvgIpc) is 3.11. The summed E-state index contributed by atoms with van der Waals surface area (Å²) in [6.45, 7) is 3.85. The van der Waals surface area contributed by atoms with E-state index in [0.717, 1.165) is 19.4 Å². The molecule has 0 bridgehead atoms. The Morgan fingerprint density at radius 3 is 2.95 bits per heavy atom. The summed E-state index contributed by atoms with van der Waals surface area (Å²) in [5.41, 5.74) is 0. The number of thiophene rings is 1. The van der Waals surface area contributed by atoms with Gasteiger partial charge < -0.3 is 14.7 Å². The van der Waals surface area contributed by atoms with Crippen LogP contribution in [-0.2, 0) is 14.8 Å². The third-order valence-corrected chi connectivity index (χ3v) is 6.10. The third kappa shape index (κ3) is 4.50. The predicted octanol–water partition coefficient (Wildman–Crippen LogP) is 0.887. The number of unbranched alkanes of at least 4 members (excludes halogenated alkanes) is 1. The van der Waals surface area contributed by atoms with Gasteiger partial charge in [-0.1, -0.05) is 13.3 Å². The number of rotatable bonds is 8. The molecule has 0 amide bonds. The Morgan fingerprint density at radius 1 is 1.55 bits per heavy atom. The van der Waals surface area contributed by atoms with E-state index in [1.807, 2.05) is 7.05 Å². The Bertz CT molecular complexity index is 547. The lowest BCUT2D eigenvalue weighted by Gasteiger charge is -2.23. The molecule has 0 saturated carbocycles. The summed E-state index contributed by atoms with van der Waals surface area (Å²) in [7, 11) is -1.61. The van der Waals surface area contributed by atoms with Crippen LogP contribution in [0.25, 0.3) is 0 Å². The molecule has 2 rings (SSSR count). The first kappa shape index (κ1) is 17.8. The molecule has 0 radical (unpaired) electrons. The molecule has 126 valence electrons. The van der Waals surface area contributed by atoms with Gasteiger partial charge in [-0.25, -0.2) is 13.1 Å². The molecule has 0 spiro atoms. The van der Waals surface area contributed by atoms with Crippen molar-refractivity contribution in [2.75, 3.05) is 26.7 Å². The highest BCUT2D eigenvalue weighted by Crippen LogP contribution is 2.19. The molecule has 1 aliphatic rings. The Kier molecular flexibility index (Phi) is 6.36. The van der Waals surface area contributed by atoms with Crippen molar-refractivity contribution in [1.29, 1.82) is 0 Å². The summed E-state index contributed by atoms with van der Waals surface area (Å²) in [4.78, 5) is 2.33. The van der Waals surface area contributed by atoms with E-state index in [4.69, 9.17) is 4.74 Å². The maximum Gasteiger partial charge on any atom is 0.241 e. The van der Waals surface area contributed by atoms with Crippen molar-refractivity contribution in [1.82, 2.24) is 9.62 Å². The first-order chi connectivity index (χ1) is 10.4. The lowest BCUT2D eigenvalue weighted by atomic mass is 10.1. The second-order valence-electron chi connectivity index (χ2n) is 5.67. The number of likely N-dealkylation sites (N-methyl/N-ethyl adjacent to an activating group) is 1. The van der Waals surface area contributed by atoms with Gasteiger partial charge in [-0.2, -0.15) is 11.3 Å². The summed E-state index contributed by atoms with van der Waals surface area (Å²) < 4.78 is 32.5. The van der Waals surface area contributed by atoms with Gasteiger partial charge in [0.25, 0.3) is 0 Å². The topological polar surface area (TPSA) is 78.9 Å². The molecule has 2 heterocycles. The van der Waals surface area contributed by atoms with Crippen molar-refractivity contribution in [3.8, 4) is 0 Å². The van der Waals surface area contributed by atoms with E-state index in [2.05, 4.69) is 16.5 Å². The van der Waals surface area contributed by atoms with Gasteiger partial charge >= 0.3 is 0 Å². The van der Waals surface area contributed by atoms with Gasteiger partial charge in [-0.3, -0.25) is 0 Å². The molecule has 0 aromatic carbocycles. The van der Waals surface area contributed by atoms with Crippen LogP contribution in [0, 0.1) is 0 Å². The standard InChI is InChI=1S/C14H24N2O4S2/c1-3-4-6-16(2)8-13-14(17)12(9-20-13)15-22(18,19)11-5-7-21-10-11/h5,7,10,12-15,17H,3-4,6,8-9H2,1-2H3. The van der Waals surface area contributed by atoms with E-state index in [1.165, 1.54) is 11.3 Å². The van der Waals surface area contributed by atoms with Crippen molar-refractivity contribution in [2.24, 2.45) is 0 Å². The van der Waals surface area contributed by atoms with Crippen LogP contribution in [0.4, 0.5) is 0 Å². The first-order valence-corrected chi connectivity index (χ1v) is 9.89. The fraction of sp³-hybridized carbons (Fsp3) is 0.714. The van der Waals surface area contributed by atoms with Gasteiger partial charge in [0.15, 0.2) is 0 Å². The minimum absolute atomic E-state index is 0.191. The minimum atomic E-state index is -3.59. The molecule has 1 aromatic heterocycles. The van der Waals surface area contributed by atoms with Crippen molar-refractivity contribution < 1.29 is 18.3 Å². The van der Waals surface area contributed by atoms with E-state index in [-0.39, 0.29) is 17.6 Å². The number of nitrogens with zero attached hydrogens (tertiary/aromatic N) is 1. The van der Waals surface area contributed by atoms with E-state index in [9.17, 15) is 13.5 Å². The van der Waals surface area contributed by atoms with Crippen LogP contribution in [-0.4, -0.2) is 63.4 Å². The summed E-state index contributed by atoms with van der Waals surface area (Å²) in [5, 5.41) is 13.6. The first-order valence-electron chi connectivity index (χ1n) is 7.46. The molecule has 22 heavy (non-hydrogen) atoms. The molecule has 1 fully saturated rings. The average molecular weight is 348 g/mol. The monoisotopic (exact) mass is 348 g/mol. The SMILES string of the molecule is CCCCN(C)CC1OCC(NS(=O)(=O)c2ccsc2)C1O. The van der Waals surface area contributed by atoms with Crippen molar-refractivity contribution in [3.05, 3.63) is 16.8 Å². The number of aliphatic hydroxyl groups is 1. The van der Waals surface area contributed by atoms with E-state index in [1.54, 1.807) is 16.8 Å². The molecule has 1 aromatic rings. The zero-order valence-corrected chi connectivity index (χ0v) is 14.6. The van der Waals surface area contributed by atoms with Gasteiger partial charge in [0, 0.05) is 11.9 Å². The lowest BCUT2D eigenvalue weighted by molar-refractivity contribution is 0.0203. The van der Waals surface area contributed by atoms with Crippen LogP contribution < -0.4 is 4.72 Å². The zero-order chi connectivity index (χ0) is 16.2. The van der Waals surface area contributed by atoms with Crippen LogP contribution in [0.2, 0.25) is 0 Å². The smallest absolute Gasteiger partial charge is 0.241 e. The summed E-state index contributed by atoms with van der Waals surface area (Å²) >= 11 is 1.32. The number of nitrogens with one attached hydrogen (secondary N) is 1. The molecule has 0 aliphatic carbocycles. The predicted molar refractivity (Wildman–Crippen MR) is 86.6 cm³/mol. The number of hydrogen-bond acceptors (Lipinski definition) is 6. The van der Waals surface area contributed by atoms with Crippen molar-refractivity contribution in [2.45, 2.75) is 42.9 Å². The Hall–Kier alpha value is -0.510. The second kappa shape index (κ2) is 7.85. The van der Waals surface area contributed by atoms with Gasteiger partial charge in [0.1, 0.15) is 0 Å². The van der Waals surface area contributed by atoms with Crippen molar-refractivity contribution in [3.63, 3.8) is 0 Å². The molecule has 2 N–H and O–H groups in total. The number of hydrogen-bond donors (Lipinski definition) is 2. The van der Waals surface area contributed by atoms with Gasteiger partial charge in [-0.15, -0.1) is 0 Å².